The van der Waals surface area contributed by atoms with E-state index >= 15 is 0 Å². The second kappa shape index (κ2) is 11.3. The van der Waals surface area contributed by atoms with Crippen LogP contribution in [-0.2, 0) is 14.8 Å². The first-order valence-corrected chi connectivity index (χ1v) is 12.2. The van der Waals surface area contributed by atoms with Crippen LogP contribution in [0.4, 0.5) is 14.5 Å². The lowest BCUT2D eigenvalue weighted by Gasteiger charge is -2.24. The Morgan fingerprint density at radius 3 is 2.28 bits per heavy atom. The molecule has 0 aliphatic rings. The zero-order chi connectivity index (χ0) is 23.9. The highest BCUT2D eigenvalue weighted by atomic mass is 32.2. The summed E-state index contributed by atoms with van der Waals surface area (Å²) in [5.74, 6) is -1.34. The maximum Gasteiger partial charge on any atom is 0.232 e. The number of methoxy groups -OCH3 is 1. The number of sulfonamides is 1. The molecule has 0 bridgehead atoms. The number of carbonyl (C=O) groups is 1. The van der Waals surface area contributed by atoms with Gasteiger partial charge in [0.25, 0.3) is 0 Å². The van der Waals surface area contributed by atoms with E-state index in [1.54, 1.807) is 7.11 Å². The predicted molar refractivity (Wildman–Crippen MR) is 121 cm³/mol. The van der Waals surface area contributed by atoms with Gasteiger partial charge >= 0.3 is 0 Å². The lowest BCUT2D eigenvalue weighted by Crippen LogP contribution is -2.33. The third kappa shape index (κ3) is 7.47. The van der Waals surface area contributed by atoms with Gasteiger partial charge in [-0.25, -0.2) is 17.2 Å². The molecule has 0 spiro atoms. The number of amides is 1. The van der Waals surface area contributed by atoms with Crippen LogP contribution in [-0.4, -0.2) is 34.2 Å². The zero-order valence-corrected chi connectivity index (χ0v) is 19.6. The van der Waals surface area contributed by atoms with Crippen LogP contribution in [0.3, 0.4) is 0 Å². The minimum absolute atomic E-state index is 0.0164. The summed E-state index contributed by atoms with van der Waals surface area (Å²) in [6, 6.07) is 10.2. The minimum Gasteiger partial charge on any atom is -0.497 e. The molecule has 0 heterocycles. The van der Waals surface area contributed by atoms with Crippen LogP contribution >= 0.6 is 0 Å². The molecule has 0 aliphatic carbocycles. The van der Waals surface area contributed by atoms with Crippen LogP contribution in [0.15, 0.2) is 42.5 Å². The van der Waals surface area contributed by atoms with E-state index in [0.717, 1.165) is 40.4 Å². The molecule has 2 aromatic carbocycles. The van der Waals surface area contributed by atoms with Crippen molar-refractivity contribution in [2.45, 2.75) is 39.2 Å². The predicted octanol–water partition coefficient (Wildman–Crippen LogP) is 4.42. The number of hydrogen-bond acceptors (Lipinski definition) is 4. The van der Waals surface area contributed by atoms with E-state index in [1.807, 2.05) is 24.3 Å². The Bertz CT molecular complexity index is 1010. The molecule has 0 aromatic heterocycles. The molecule has 0 saturated heterocycles. The zero-order valence-electron chi connectivity index (χ0n) is 18.8. The monoisotopic (exact) mass is 468 g/mol. The Balaban J connectivity index is 2.03. The van der Waals surface area contributed by atoms with Gasteiger partial charge in [-0.2, -0.15) is 0 Å². The molecule has 32 heavy (non-hydrogen) atoms. The molecule has 2 rings (SSSR count). The summed E-state index contributed by atoms with van der Waals surface area (Å²) in [5.41, 5.74) is 0.968. The van der Waals surface area contributed by atoms with Crippen molar-refractivity contribution in [2.24, 2.45) is 5.92 Å². The highest BCUT2D eigenvalue weighted by Gasteiger charge is 2.20. The number of hydrogen-bond donors (Lipinski definition) is 1. The van der Waals surface area contributed by atoms with Crippen LogP contribution in [0.2, 0.25) is 0 Å². The highest BCUT2D eigenvalue weighted by molar-refractivity contribution is 7.92. The third-order valence-corrected chi connectivity index (χ3v) is 6.11. The number of rotatable bonds is 11. The van der Waals surface area contributed by atoms with E-state index in [2.05, 4.69) is 19.2 Å². The van der Waals surface area contributed by atoms with Crippen molar-refractivity contribution in [1.29, 1.82) is 0 Å². The number of ether oxygens (including phenoxy) is 1. The van der Waals surface area contributed by atoms with E-state index < -0.39 is 21.7 Å². The number of carbonyl (C=O) groups excluding carboxylic acids is 1. The van der Waals surface area contributed by atoms with Crippen molar-refractivity contribution in [3.8, 4) is 5.75 Å². The fourth-order valence-corrected chi connectivity index (χ4v) is 4.32. The van der Waals surface area contributed by atoms with Crippen molar-refractivity contribution in [3.63, 3.8) is 0 Å². The quantitative estimate of drug-likeness (QED) is 0.530. The van der Waals surface area contributed by atoms with E-state index in [0.29, 0.717) is 5.92 Å². The molecule has 1 amide bonds. The molecule has 0 fully saturated rings. The van der Waals surface area contributed by atoms with Crippen LogP contribution in [0.1, 0.15) is 44.7 Å². The van der Waals surface area contributed by atoms with Gasteiger partial charge in [0.05, 0.1) is 25.1 Å². The number of anilines is 1. The summed E-state index contributed by atoms with van der Waals surface area (Å²) in [4.78, 5) is 12.6. The van der Waals surface area contributed by atoms with Crippen molar-refractivity contribution in [2.75, 3.05) is 24.2 Å². The normalized spacial score (nSPS) is 12.5. The minimum atomic E-state index is -3.73. The molecule has 2 aromatic rings. The summed E-state index contributed by atoms with van der Waals surface area (Å²) in [5, 5.41) is 3.01. The third-order valence-electron chi connectivity index (χ3n) is 4.92. The van der Waals surface area contributed by atoms with Crippen LogP contribution in [0, 0.1) is 17.6 Å². The molecule has 1 unspecified atom stereocenters. The van der Waals surface area contributed by atoms with E-state index in [1.165, 1.54) is 6.07 Å². The van der Waals surface area contributed by atoms with Gasteiger partial charge in [0.1, 0.15) is 5.75 Å². The first-order valence-electron chi connectivity index (χ1n) is 10.4. The Kier molecular flexibility index (Phi) is 9.00. The molecule has 1 atom stereocenters. The van der Waals surface area contributed by atoms with Crippen molar-refractivity contribution < 1.29 is 26.7 Å². The van der Waals surface area contributed by atoms with Crippen LogP contribution in [0.5, 0.6) is 5.75 Å². The molecule has 0 aliphatic heterocycles. The molecule has 6 nitrogen and oxygen atoms in total. The highest BCUT2D eigenvalue weighted by Crippen LogP contribution is 2.24. The summed E-state index contributed by atoms with van der Waals surface area (Å²) in [6.07, 6.45) is 2.02. The number of halogens is 2. The van der Waals surface area contributed by atoms with Gasteiger partial charge in [0, 0.05) is 19.0 Å². The maximum absolute atomic E-state index is 13.6. The van der Waals surface area contributed by atoms with Crippen molar-refractivity contribution in [1.82, 2.24) is 5.32 Å². The fourth-order valence-electron chi connectivity index (χ4n) is 3.36. The number of benzene rings is 2. The molecular weight excluding hydrogens is 438 g/mol. The van der Waals surface area contributed by atoms with Gasteiger partial charge in [-0.1, -0.05) is 26.0 Å². The Morgan fingerprint density at radius 1 is 1.09 bits per heavy atom. The van der Waals surface area contributed by atoms with Crippen LogP contribution < -0.4 is 14.4 Å². The largest absolute Gasteiger partial charge is 0.497 e. The summed E-state index contributed by atoms with van der Waals surface area (Å²) < 4.78 is 57.2. The molecule has 176 valence electrons. The standard InChI is InChI=1S/C23H30F2N2O4S/c1-16(2)14-22(17-7-10-19(31-3)11-8-17)26-23(28)6-5-13-27(32(4,29)30)18-9-12-20(24)21(25)15-18/h7-12,15-16,22H,5-6,13-14H2,1-4H3,(H,26,28). The SMILES string of the molecule is COc1ccc(C(CC(C)C)NC(=O)CCCN(c2ccc(F)c(F)c2)S(C)(=O)=O)cc1. The average molecular weight is 469 g/mol. The first kappa shape index (κ1) is 25.6. The second-order valence-electron chi connectivity index (χ2n) is 8.06. The van der Waals surface area contributed by atoms with Gasteiger partial charge in [0.2, 0.25) is 15.9 Å². The summed E-state index contributed by atoms with van der Waals surface area (Å²) >= 11 is 0. The second-order valence-corrected chi connectivity index (χ2v) is 9.97. The lowest BCUT2D eigenvalue weighted by molar-refractivity contribution is -0.122. The Hall–Kier alpha value is -2.68. The van der Waals surface area contributed by atoms with Crippen molar-refractivity contribution >= 4 is 21.6 Å². The van der Waals surface area contributed by atoms with Gasteiger partial charge in [-0.3, -0.25) is 9.10 Å². The van der Waals surface area contributed by atoms with Gasteiger partial charge in [-0.05, 0) is 48.6 Å². The lowest BCUT2D eigenvalue weighted by atomic mass is 9.96. The van der Waals surface area contributed by atoms with E-state index in [9.17, 15) is 22.0 Å². The average Bonchev–Trinajstić information content (AvgIpc) is 2.72. The molecular formula is C23H30F2N2O4S. The van der Waals surface area contributed by atoms with Crippen molar-refractivity contribution in [3.05, 3.63) is 59.7 Å². The molecule has 1 N–H and O–H groups in total. The number of nitrogens with zero attached hydrogens (tertiary/aromatic N) is 1. The fraction of sp³-hybridized carbons (Fsp3) is 0.435. The Labute approximate surface area is 188 Å². The van der Waals surface area contributed by atoms with E-state index in [4.69, 9.17) is 4.74 Å². The number of nitrogens with one attached hydrogen (secondary N) is 1. The van der Waals surface area contributed by atoms with E-state index in [-0.39, 0.29) is 37.0 Å². The topological polar surface area (TPSA) is 75.7 Å². The Morgan fingerprint density at radius 2 is 1.75 bits per heavy atom. The van der Waals surface area contributed by atoms with Crippen LogP contribution in [0.25, 0.3) is 0 Å². The van der Waals surface area contributed by atoms with Gasteiger partial charge < -0.3 is 10.1 Å². The first-order chi connectivity index (χ1) is 15.0. The molecule has 9 heteroatoms. The molecule has 0 radical (unpaired) electrons. The maximum atomic E-state index is 13.6. The smallest absolute Gasteiger partial charge is 0.232 e. The molecule has 0 saturated carbocycles. The van der Waals surface area contributed by atoms with Gasteiger partial charge in [-0.15, -0.1) is 0 Å². The summed E-state index contributed by atoms with van der Waals surface area (Å²) in [7, 11) is -2.15. The van der Waals surface area contributed by atoms with Gasteiger partial charge in [0.15, 0.2) is 11.6 Å². The summed E-state index contributed by atoms with van der Waals surface area (Å²) in [6.45, 7) is 4.09.